The van der Waals surface area contributed by atoms with Gasteiger partial charge in [-0.1, -0.05) is 0 Å². The van der Waals surface area contributed by atoms with Gasteiger partial charge in [0.2, 0.25) is 5.95 Å². The standard InChI is InChI=1S/C10H14FN5O3/c11-5-1-4(2-17)19-9(5)16-3-13-6-7(16)14-10(12)15-8(6)18/h4-5,9,13,17H,1-3H2,(H3,12,14,15,18). The second-order valence-electron chi connectivity index (χ2n) is 4.54. The van der Waals surface area contributed by atoms with Crippen molar-refractivity contribution in [2.75, 3.05) is 29.2 Å². The SMILES string of the molecule is Nc1nc2c(c(=O)[nH]1)NCN2C1OC(CO)CC1F. The zero-order chi connectivity index (χ0) is 13.6. The Hall–Kier alpha value is -1.87. The number of fused-ring (bicyclic) bond motifs is 1. The Morgan fingerprint density at radius 3 is 3.11 bits per heavy atom. The molecule has 3 rings (SSSR count). The van der Waals surface area contributed by atoms with Gasteiger partial charge in [-0.15, -0.1) is 0 Å². The maximum atomic E-state index is 13.9. The third-order valence-electron chi connectivity index (χ3n) is 3.26. The number of nitrogens with zero attached hydrogens (tertiary/aromatic N) is 2. The smallest absolute Gasteiger partial charge is 0.277 e. The van der Waals surface area contributed by atoms with Crippen molar-refractivity contribution in [2.24, 2.45) is 0 Å². The number of ether oxygens (including phenoxy) is 1. The number of nitrogens with two attached hydrogens (primary N) is 1. The first-order valence-electron chi connectivity index (χ1n) is 5.91. The Bertz CT molecular complexity index is 550. The van der Waals surface area contributed by atoms with E-state index in [1.54, 1.807) is 0 Å². The topological polar surface area (TPSA) is 116 Å². The van der Waals surface area contributed by atoms with Gasteiger partial charge in [0.1, 0.15) is 11.9 Å². The lowest BCUT2D eigenvalue weighted by atomic mass is 10.2. The predicted octanol–water partition coefficient (Wildman–Crippen LogP) is -1.01. The van der Waals surface area contributed by atoms with Crippen molar-refractivity contribution < 1.29 is 14.2 Å². The van der Waals surface area contributed by atoms with Crippen LogP contribution in [0.5, 0.6) is 0 Å². The number of hydrogen-bond acceptors (Lipinski definition) is 7. The van der Waals surface area contributed by atoms with Gasteiger partial charge < -0.3 is 25.8 Å². The lowest BCUT2D eigenvalue weighted by Gasteiger charge is -2.25. The summed E-state index contributed by atoms with van der Waals surface area (Å²) in [6.45, 7) is -0.0336. The number of hydrogen-bond donors (Lipinski definition) is 4. The van der Waals surface area contributed by atoms with Gasteiger partial charge >= 0.3 is 0 Å². The molecule has 1 aromatic rings. The minimum absolute atomic E-state index is 0.0374. The van der Waals surface area contributed by atoms with Crippen molar-refractivity contribution in [3.8, 4) is 0 Å². The van der Waals surface area contributed by atoms with Crippen molar-refractivity contribution in [1.82, 2.24) is 9.97 Å². The van der Waals surface area contributed by atoms with E-state index in [2.05, 4.69) is 15.3 Å². The third-order valence-corrected chi connectivity index (χ3v) is 3.26. The molecule has 2 aliphatic rings. The van der Waals surface area contributed by atoms with Crippen LogP contribution in [0.4, 0.5) is 21.8 Å². The summed E-state index contributed by atoms with van der Waals surface area (Å²) in [6, 6.07) is 0. The highest BCUT2D eigenvalue weighted by atomic mass is 19.1. The minimum Gasteiger partial charge on any atom is -0.394 e. The lowest BCUT2D eigenvalue weighted by Crippen LogP contribution is -2.40. The molecule has 19 heavy (non-hydrogen) atoms. The maximum absolute atomic E-state index is 13.9. The highest BCUT2D eigenvalue weighted by Gasteiger charge is 2.42. The summed E-state index contributed by atoms with van der Waals surface area (Å²) in [7, 11) is 0. The van der Waals surface area contributed by atoms with E-state index in [0.29, 0.717) is 0 Å². The van der Waals surface area contributed by atoms with Crippen LogP contribution in [0.2, 0.25) is 0 Å². The van der Waals surface area contributed by atoms with Gasteiger partial charge in [-0.05, 0) is 0 Å². The van der Waals surface area contributed by atoms with Crippen molar-refractivity contribution in [1.29, 1.82) is 0 Å². The molecule has 5 N–H and O–H groups in total. The minimum atomic E-state index is -1.26. The number of halogens is 1. The Kier molecular flexibility index (Phi) is 2.79. The molecule has 0 aliphatic carbocycles. The molecule has 1 saturated heterocycles. The molecular weight excluding hydrogens is 257 g/mol. The zero-order valence-corrected chi connectivity index (χ0v) is 9.97. The second kappa shape index (κ2) is 4.35. The van der Waals surface area contributed by atoms with Crippen LogP contribution < -0.4 is 21.5 Å². The van der Waals surface area contributed by atoms with Gasteiger partial charge in [0, 0.05) is 6.42 Å². The summed E-state index contributed by atoms with van der Waals surface area (Å²) in [5, 5.41) is 11.8. The van der Waals surface area contributed by atoms with E-state index < -0.39 is 24.1 Å². The van der Waals surface area contributed by atoms with Crippen LogP contribution in [0, 0.1) is 0 Å². The Morgan fingerprint density at radius 1 is 1.63 bits per heavy atom. The quantitative estimate of drug-likeness (QED) is 0.544. The summed E-state index contributed by atoms with van der Waals surface area (Å²) in [6.07, 6.45) is -2.55. The van der Waals surface area contributed by atoms with Gasteiger partial charge in [-0.2, -0.15) is 4.98 Å². The number of aliphatic hydroxyl groups excluding tert-OH is 1. The fourth-order valence-corrected chi connectivity index (χ4v) is 2.39. The molecule has 9 heteroatoms. The molecule has 3 heterocycles. The predicted molar refractivity (Wildman–Crippen MR) is 65.5 cm³/mol. The average Bonchev–Trinajstić information content (AvgIpc) is 2.92. The van der Waals surface area contributed by atoms with Crippen LogP contribution >= 0.6 is 0 Å². The van der Waals surface area contributed by atoms with Crippen molar-refractivity contribution in [2.45, 2.75) is 24.9 Å². The Labute approximate surface area is 107 Å². The van der Waals surface area contributed by atoms with Gasteiger partial charge in [0.15, 0.2) is 12.0 Å². The number of nitrogen functional groups attached to an aromatic ring is 1. The first-order chi connectivity index (χ1) is 9.10. The molecule has 8 nitrogen and oxygen atoms in total. The van der Waals surface area contributed by atoms with E-state index in [1.807, 2.05) is 0 Å². The zero-order valence-electron chi connectivity index (χ0n) is 9.97. The van der Waals surface area contributed by atoms with Gasteiger partial charge in [-0.25, -0.2) is 4.39 Å². The van der Waals surface area contributed by atoms with Crippen LogP contribution in [-0.2, 0) is 4.74 Å². The third kappa shape index (κ3) is 1.90. The van der Waals surface area contributed by atoms with E-state index in [1.165, 1.54) is 4.90 Å². The summed E-state index contributed by atoms with van der Waals surface area (Å²) in [5.41, 5.74) is 5.33. The van der Waals surface area contributed by atoms with Crippen molar-refractivity contribution in [3.05, 3.63) is 10.4 Å². The first kappa shape index (κ1) is 12.2. The second-order valence-corrected chi connectivity index (χ2v) is 4.54. The van der Waals surface area contributed by atoms with E-state index in [4.69, 9.17) is 15.6 Å². The van der Waals surface area contributed by atoms with Crippen LogP contribution in [-0.4, -0.2) is 46.9 Å². The van der Waals surface area contributed by atoms with Crippen LogP contribution in [0.15, 0.2) is 4.79 Å². The molecule has 0 radical (unpaired) electrons. The lowest BCUT2D eigenvalue weighted by molar-refractivity contribution is 0.00154. The molecule has 3 atom stereocenters. The number of rotatable bonds is 2. The Morgan fingerprint density at radius 2 is 2.42 bits per heavy atom. The highest BCUT2D eigenvalue weighted by Crippen LogP contribution is 2.34. The fraction of sp³-hybridized carbons (Fsp3) is 0.600. The van der Waals surface area contributed by atoms with Gasteiger partial charge in [-0.3, -0.25) is 9.78 Å². The monoisotopic (exact) mass is 271 g/mol. The number of H-pyrrole nitrogens is 1. The first-order valence-corrected chi connectivity index (χ1v) is 5.91. The molecule has 0 amide bonds. The normalized spacial score (nSPS) is 29.4. The molecule has 0 spiro atoms. The molecule has 0 bridgehead atoms. The average molecular weight is 271 g/mol. The summed E-state index contributed by atoms with van der Waals surface area (Å²) in [4.78, 5) is 19.5. The number of aromatic nitrogens is 2. The van der Waals surface area contributed by atoms with E-state index >= 15 is 0 Å². The number of aliphatic hydroxyl groups is 1. The molecule has 2 aliphatic heterocycles. The van der Waals surface area contributed by atoms with Crippen LogP contribution in [0.3, 0.4) is 0 Å². The van der Waals surface area contributed by atoms with Gasteiger partial charge in [0.25, 0.3) is 5.56 Å². The molecule has 1 aromatic heterocycles. The molecular formula is C10H14FN5O3. The molecule has 1 fully saturated rings. The van der Waals surface area contributed by atoms with Crippen LogP contribution in [0.25, 0.3) is 0 Å². The van der Waals surface area contributed by atoms with Crippen molar-refractivity contribution in [3.63, 3.8) is 0 Å². The number of aromatic amines is 1. The molecule has 0 saturated carbocycles. The number of anilines is 3. The summed E-state index contributed by atoms with van der Waals surface area (Å²) < 4.78 is 19.3. The van der Waals surface area contributed by atoms with Crippen LogP contribution in [0.1, 0.15) is 6.42 Å². The highest BCUT2D eigenvalue weighted by molar-refractivity contribution is 5.71. The number of nitrogens with one attached hydrogen (secondary N) is 2. The van der Waals surface area contributed by atoms with Gasteiger partial charge in [0.05, 0.1) is 19.4 Å². The molecule has 3 unspecified atom stereocenters. The maximum Gasteiger partial charge on any atom is 0.277 e. The summed E-state index contributed by atoms with van der Waals surface area (Å²) >= 11 is 0. The van der Waals surface area contributed by atoms with E-state index in [-0.39, 0.29) is 37.1 Å². The molecule has 104 valence electrons. The fourth-order valence-electron chi connectivity index (χ4n) is 2.39. The van der Waals surface area contributed by atoms with Crippen molar-refractivity contribution >= 4 is 17.5 Å². The number of alkyl halides is 1. The summed E-state index contributed by atoms with van der Waals surface area (Å²) in [5.74, 6) is 0.233. The van der Waals surface area contributed by atoms with E-state index in [9.17, 15) is 9.18 Å². The molecule has 0 aromatic carbocycles. The largest absolute Gasteiger partial charge is 0.394 e. The Balaban J connectivity index is 1.92. The van der Waals surface area contributed by atoms with E-state index in [0.717, 1.165) is 0 Å².